The van der Waals surface area contributed by atoms with E-state index in [4.69, 9.17) is 0 Å². The third-order valence-corrected chi connectivity index (χ3v) is 6.41. The first-order valence-electron chi connectivity index (χ1n) is 8.97. The van der Waals surface area contributed by atoms with Crippen molar-refractivity contribution in [1.29, 1.82) is 0 Å². The van der Waals surface area contributed by atoms with Gasteiger partial charge in [-0.25, -0.2) is 8.42 Å². The molecule has 1 aliphatic rings. The summed E-state index contributed by atoms with van der Waals surface area (Å²) >= 11 is 0. The number of sulfonamides is 1. The minimum atomic E-state index is -3.60. The molecule has 0 fully saturated rings. The molecule has 1 aliphatic heterocycles. The van der Waals surface area contributed by atoms with Gasteiger partial charge in [0.25, 0.3) is 0 Å². The fourth-order valence-electron chi connectivity index (χ4n) is 3.08. The molecule has 26 heavy (non-hydrogen) atoms. The second-order valence-corrected chi connectivity index (χ2v) is 8.48. The Kier molecular flexibility index (Phi) is 5.74. The summed E-state index contributed by atoms with van der Waals surface area (Å²) in [5.41, 5.74) is 2.56. The highest BCUT2D eigenvalue weighted by molar-refractivity contribution is 7.89. The lowest BCUT2D eigenvalue weighted by molar-refractivity contribution is -0.116. The van der Waals surface area contributed by atoms with Crippen molar-refractivity contribution in [2.24, 2.45) is 0 Å². The summed E-state index contributed by atoms with van der Waals surface area (Å²) in [6.07, 6.45) is 2.70. The number of carbonyl (C=O) groups excluding carboxylic acids is 1. The van der Waals surface area contributed by atoms with E-state index in [-0.39, 0.29) is 5.91 Å². The van der Waals surface area contributed by atoms with E-state index in [0.717, 1.165) is 24.0 Å². The maximum Gasteiger partial charge on any atom is 0.243 e. The van der Waals surface area contributed by atoms with Gasteiger partial charge >= 0.3 is 0 Å². The van der Waals surface area contributed by atoms with Crippen LogP contribution < -0.4 is 5.32 Å². The van der Waals surface area contributed by atoms with E-state index in [0.29, 0.717) is 36.5 Å². The second-order valence-electron chi connectivity index (χ2n) is 6.54. The van der Waals surface area contributed by atoms with Crippen LogP contribution in [0.1, 0.15) is 37.3 Å². The maximum atomic E-state index is 13.2. The summed E-state index contributed by atoms with van der Waals surface area (Å²) in [7, 11) is -3.60. The maximum absolute atomic E-state index is 13.2. The van der Waals surface area contributed by atoms with E-state index < -0.39 is 10.0 Å². The summed E-state index contributed by atoms with van der Waals surface area (Å²) in [6.45, 7) is 2.90. The number of hydrogen-bond acceptors (Lipinski definition) is 3. The van der Waals surface area contributed by atoms with E-state index in [2.05, 4.69) is 12.2 Å². The van der Waals surface area contributed by atoms with Gasteiger partial charge in [0.2, 0.25) is 15.9 Å². The lowest BCUT2D eigenvalue weighted by atomic mass is 10.0. The Hall–Kier alpha value is -2.18. The lowest BCUT2D eigenvalue weighted by Crippen LogP contribution is -2.32. The smallest absolute Gasteiger partial charge is 0.243 e. The van der Waals surface area contributed by atoms with Crippen LogP contribution in [0.4, 0.5) is 5.69 Å². The Bertz CT molecular complexity index is 879. The van der Waals surface area contributed by atoms with Crippen LogP contribution in [0.2, 0.25) is 0 Å². The molecule has 0 radical (unpaired) electrons. The Balaban J connectivity index is 1.90. The number of rotatable bonds is 7. The van der Waals surface area contributed by atoms with Gasteiger partial charge in [0.1, 0.15) is 0 Å². The van der Waals surface area contributed by atoms with Crippen LogP contribution in [0, 0.1) is 0 Å². The van der Waals surface area contributed by atoms with E-state index >= 15 is 0 Å². The first kappa shape index (κ1) is 18.6. The van der Waals surface area contributed by atoms with E-state index in [1.54, 1.807) is 22.5 Å². The van der Waals surface area contributed by atoms with Crippen molar-refractivity contribution in [3.63, 3.8) is 0 Å². The molecule has 2 aromatic rings. The molecule has 0 bridgehead atoms. The molecule has 0 aromatic heterocycles. The van der Waals surface area contributed by atoms with Gasteiger partial charge in [0, 0.05) is 25.2 Å². The largest absolute Gasteiger partial charge is 0.326 e. The number of hydrogen-bond donors (Lipinski definition) is 1. The zero-order chi connectivity index (χ0) is 18.6. The van der Waals surface area contributed by atoms with Gasteiger partial charge in [0.05, 0.1) is 4.90 Å². The molecule has 6 heteroatoms. The molecule has 0 unspecified atom stereocenters. The molecule has 1 heterocycles. The van der Waals surface area contributed by atoms with Gasteiger partial charge in [-0.15, -0.1) is 0 Å². The quantitative estimate of drug-likeness (QED) is 0.808. The van der Waals surface area contributed by atoms with Crippen molar-refractivity contribution in [2.75, 3.05) is 11.9 Å². The Morgan fingerprint density at radius 2 is 1.85 bits per heavy atom. The number of aryl methyl sites for hydroxylation is 1. The molecule has 138 valence electrons. The molecular formula is C20H24N2O3S. The highest BCUT2D eigenvalue weighted by Crippen LogP contribution is 2.27. The number of anilines is 1. The van der Waals surface area contributed by atoms with Crippen LogP contribution in [-0.4, -0.2) is 25.2 Å². The monoisotopic (exact) mass is 372 g/mol. The van der Waals surface area contributed by atoms with Gasteiger partial charge < -0.3 is 5.32 Å². The summed E-state index contributed by atoms with van der Waals surface area (Å²) in [6, 6.07) is 14.6. The van der Waals surface area contributed by atoms with E-state index in [1.165, 1.54) is 0 Å². The van der Waals surface area contributed by atoms with Crippen molar-refractivity contribution in [3.05, 3.63) is 59.7 Å². The summed E-state index contributed by atoms with van der Waals surface area (Å²) in [5, 5.41) is 2.79. The van der Waals surface area contributed by atoms with Gasteiger partial charge in [-0.05, 0) is 42.2 Å². The van der Waals surface area contributed by atoms with Gasteiger partial charge in [-0.2, -0.15) is 4.31 Å². The molecule has 0 spiro atoms. The number of fused-ring (bicyclic) bond motifs is 1. The van der Waals surface area contributed by atoms with Crippen LogP contribution >= 0.6 is 0 Å². The zero-order valence-corrected chi connectivity index (χ0v) is 15.8. The molecule has 0 aliphatic carbocycles. The summed E-state index contributed by atoms with van der Waals surface area (Å²) < 4.78 is 28.0. The molecule has 5 nitrogen and oxygen atoms in total. The number of nitrogens with zero attached hydrogens (tertiary/aromatic N) is 1. The van der Waals surface area contributed by atoms with Crippen molar-refractivity contribution in [1.82, 2.24) is 4.31 Å². The van der Waals surface area contributed by atoms with Gasteiger partial charge in [0.15, 0.2) is 0 Å². The third-order valence-electron chi connectivity index (χ3n) is 4.57. The van der Waals surface area contributed by atoms with Crippen molar-refractivity contribution in [3.8, 4) is 0 Å². The highest BCUT2D eigenvalue weighted by Gasteiger charge is 2.26. The predicted octanol–water partition coefficient (Wildman–Crippen LogP) is 3.56. The lowest BCUT2D eigenvalue weighted by Gasteiger charge is -2.24. The van der Waals surface area contributed by atoms with Gasteiger partial charge in [-0.3, -0.25) is 4.79 Å². The van der Waals surface area contributed by atoms with Gasteiger partial charge in [-0.1, -0.05) is 43.7 Å². The van der Waals surface area contributed by atoms with Crippen molar-refractivity contribution >= 4 is 21.6 Å². The summed E-state index contributed by atoms with van der Waals surface area (Å²) in [4.78, 5) is 11.8. The average Bonchev–Trinajstić information content (AvgIpc) is 2.65. The van der Waals surface area contributed by atoms with Crippen LogP contribution in [-0.2, 0) is 27.8 Å². The second kappa shape index (κ2) is 8.01. The minimum absolute atomic E-state index is 0.0262. The van der Waals surface area contributed by atoms with Crippen molar-refractivity contribution < 1.29 is 13.2 Å². The minimum Gasteiger partial charge on any atom is -0.326 e. The standard InChI is InChI=1S/C20H24N2O3S/c1-2-3-13-22(15-16-7-5-4-6-8-16)26(24,25)18-10-11-19-17(14-18)9-12-20(23)21-19/h4-8,10-11,14H,2-3,9,12-13,15H2,1H3,(H,21,23). The van der Waals surface area contributed by atoms with E-state index in [9.17, 15) is 13.2 Å². The first-order valence-corrected chi connectivity index (χ1v) is 10.4. The molecule has 1 amide bonds. The molecular weight excluding hydrogens is 348 g/mol. The highest BCUT2D eigenvalue weighted by atomic mass is 32.2. The Morgan fingerprint density at radius 3 is 2.58 bits per heavy atom. The SMILES string of the molecule is CCCCN(Cc1ccccc1)S(=O)(=O)c1ccc2c(c1)CCC(=O)N2. The fraction of sp³-hybridized carbons (Fsp3) is 0.350. The van der Waals surface area contributed by atoms with Crippen LogP contribution in [0.15, 0.2) is 53.4 Å². The fourth-order valence-corrected chi connectivity index (χ4v) is 4.59. The molecule has 2 aromatic carbocycles. The molecule has 0 saturated carbocycles. The van der Waals surface area contributed by atoms with Crippen molar-refractivity contribution in [2.45, 2.75) is 44.0 Å². The third kappa shape index (κ3) is 4.14. The molecule has 3 rings (SSSR count). The Labute approximate surface area is 155 Å². The normalized spacial score (nSPS) is 14.2. The topological polar surface area (TPSA) is 66.5 Å². The van der Waals surface area contributed by atoms with Crippen LogP contribution in [0.25, 0.3) is 0 Å². The van der Waals surface area contributed by atoms with Crippen LogP contribution in [0.5, 0.6) is 0 Å². The number of nitrogens with one attached hydrogen (secondary N) is 1. The molecule has 0 saturated heterocycles. The Morgan fingerprint density at radius 1 is 1.08 bits per heavy atom. The number of benzene rings is 2. The predicted molar refractivity (Wildman–Crippen MR) is 102 cm³/mol. The number of carbonyl (C=O) groups is 1. The average molecular weight is 372 g/mol. The number of amides is 1. The zero-order valence-electron chi connectivity index (χ0n) is 14.9. The molecule has 1 N–H and O–H groups in total. The molecule has 0 atom stereocenters. The van der Waals surface area contributed by atoms with Crippen LogP contribution in [0.3, 0.4) is 0 Å². The summed E-state index contributed by atoms with van der Waals surface area (Å²) in [5.74, 6) is -0.0262. The van der Waals surface area contributed by atoms with E-state index in [1.807, 2.05) is 30.3 Å². The number of unbranched alkanes of at least 4 members (excludes halogenated alkanes) is 1. The first-order chi connectivity index (χ1) is 12.5.